The third-order valence-electron chi connectivity index (χ3n) is 3.93. The molecule has 0 saturated carbocycles. The summed E-state index contributed by atoms with van der Waals surface area (Å²) in [4.78, 5) is 24.2. The van der Waals surface area contributed by atoms with Crippen LogP contribution in [-0.2, 0) is 20.7 Å². The average Bonchev–Trinajstić information content (AvgIpc) is 2.42. The number of carbonyl (C=O) groups is 2. The monoisotopic (exact) mass is 334 g/mol. The molecule has 0 heterocycles. The Kier molecular flexibility index (Phi) is 5.90. The van der Waals surface area contributed by atoms with Crippen molar-refractivity contribution in [3.8, 4) is 0 Å². The lowest BCUT2D eigenvalue weighted by molar-refractivity contribution is -0.155. The molecule has 1 atom stereocenters. The second-order valence-electron chi connectivity index (χ2n) is 7.17. The molecule has 3 nitrogen and oxygen atoms in total. The molecule has 0 aliphatic heterocycles. The third-order valence-corrected chi connectivity index (χ3v) is 4.71. The minimum atomic E-state index is -0.416. The topological polar surface area (TPSA) is 43.4 Å². The molecule has 2 rings (SSSR count). The summed E-state index contributed by atoms with van der Waals surface area (Å²) in [6.07, 6.45) is 4.62. The molecule has 4 heteroatoms. The van der Waals surface area contributed by atoms with Gasteiger partial charge in [0.05, 0.1) is 0 Å². The molecule has 1 aliphatic rings. The van der Waals surface area contributed by atoms with Gasteiger partial charge in [-0.3, -0.25) is 9.59 Å². The van der Waals surface area contributed by atoms with E-state index in [4.69, 9.17) is 4.74 Å². The Hall–Kier alpha value is -1.29. The lowest BCUT2D eigenvalue weighted by Crippen LogP contribution is -2.24. The first-order chi connectivity index (χ1) is 10.7. The van der Waals surface area contributed by atoms with Crippen molar-refractivity contribution in [2.75, 3.05) is 0 Å². The molecule has 0 amide bonds. The molecule has 0 fully saturated rings. The van der Waals surface area contributed by atoms with Gasteiger partial charge >= 0.3 is 5.97 Å². The van der Waals surface area contributed by atoms with Crippen molar-refractivity contribution in [1.82, 2.24) is 0 Å². The number of rotatable bonds is 4. The molecule has 0 radical (unpaired) electrons. The summed E-state index contributed by atoms with van der Waals surface area (Å²) in [5, 5.41) is 0.113. The fourth-order valence-electron chi connectivity index (χ4n) is 3.11. The second-order valence-corrected chi connectivity index (χ2v) is 8.42. The first-order valence-corrected chi connectivity index (χ1v) is 9.09. The van der Waals surface area contributed by atoms with Crippen molar-refractivity contribution < 1.29 is 14.3 Å². The minimum Gasteiger partial charge on any atom is -0.460 e. The molecule has 0 N–H and O–H groups in total. The van der Waals surface area contributed by atoms with Gasteiger partial charge in [0, 0.05) is 18.2 Å². The Balaban J connectivity index is 2.01. The number of ether oxygens (including phenoxy) is 1. The molecule has 1 aromatic rings. The molecule has 0 bridgehead atoms. The molecule has 0 unspecified atom stereocenters. The molecule has 126 valence electrons. The van der Waals surface area contributed by atoms with Gasteiger partial charge in [0.15, 0.2) is 5.12 Å². The minimum absolute atomic E-state index is 0.113. The van der Waals surface area contributed by atoms with Crippen LogP contribution in [0.15, 0.2) is 23.1 Å². The van der Waals surface area contributed by atoms with Crippen molar-refractivity contribution in [2.45, 2.75) is 76.2 Å². The second kappa shape index (κ2) is 7.52. The van der Waals surface area contributed by atoms with Gasteiger partial charge in [0.25, 0.3) is 0 Å². The third kappa shape index (κ3) is 5.69. The summed E-state index contributed by atoms with van der Waals surface area (Å²) in [5.41, 5.74) is 2.25. The van der Waals surface area contributed by atoms with Crippen LogP contribution in [0.4, 0.5) is 0 Å². The van der Waals surface area contributed by atoms with E-state index in [1.165, 1.54) is 22.9 Å². The van der Waals surface area contributed by atoms with Crippen molar-refractivity contribution in [3.63, 3.8) is 0 Å². The maximum atomic E-state index is 11.9. The van der Waals surface area contributed by atoms with Gasteiger partial charge in [-0.05, 0) is 75.6 Å². The number of hydrogen-bond acceptors (Lipinski definition) is 4. The molecule has 0 spiro atoms. The van der Waals surface area contributed by atoms with Gasteiger partial charge < -0.3 is 4.74 Å². The summed E-state index contributed by atoms with van der Waals surface area (Å²) in [6.45, 7) is 7.28. The normalized spacial score (nSPS) is 17.5. The van der Waals surface area contributed by atoms with E-state index in [0.717, 1.165) is 30.6 Å². The number of hydrogen-bond donors (Lipinski definition) is 0. The number of aryl methyl sites for hydroxylation is 1. The van der Waals surface area contributed by atoms with Crippen LogP contribution in [0, 0.1) is 0 Å². The van der Waals surface area contributed by atoms with Crippen molar-refractivity contribution in [2.24, 2.45) is 0 Å². The first kappa shape index (κ1) is 18.1. The highest BCUT2D eigenvalue weighted by Crippen LogP contribution is 2.37. The quantitative estimate of drug-likeness (QED) is 0.582. The molecule has 0 aromatic heterocycles. The molecular formula is C19H26O3S. The molecule has 23 heavy (non-hydrogen) atoms. The molecule has 0 saturated heterocycles. The summed E-state index contributed by atoms with van der Waals surface area (Å²) in [6, 6.07) is 6.30. The maximum Gasteiger partial charge on any atom is 0.306 e. The van der Waals surface area contributed by atoms with Crippen LogP contribution in [0.5, 0.6) is 0 Å². The van der Waals surface area contributed by atoms with E-state index in [1.807, 2.05) is 26.8 Å². The standard InChI is InChI=1S/C19H26O3S/c1-13(20)23-16-9-10-17-14(6-5-7-15(17)12-16)8-11-18(21)22-19(2,3)4/h9-10,12,14H,5-8,11H2,1-4H3/t14-/m0/s1. The Bertz CT molecular complexity index is 587. The summed E-state index contributed by atoms with van der Waals surface area (Å²) >= 11 is 1.28. The van der Waals surface area contributed by atoms with E-state index in [2.05, 4.69) is 12.1 Å². The van der Waals surface area contributed by atoms with E-state index >= 15 is 0 Å². The Labute approximate surface area is 143 Å². The van der Waals surface area contributed by atoms with Crippen molar-refractivity contribution in [1.29, 1.82) is 0 Å². The van der Waals surface area contributed by atoms with E-state index < -0.39 is 5.60 Å². The fourth-order valence-corrected chi connectivity index (χ4v) is 3.77. The van der Waals surface area contributed by atoms with Crippen LogP contribution in [-0.4, -0.2) is 16.7 Å². The van der Waals surface area contributed by atoms with Gasteiger partial charge in [0.1, 0.15) is 5.60 Å². The van der Waals surface area contributed by atoms with Gasteiger partial charge in [0.2, 0.25) is 0 Å². The first-order valence-electron chi connectivity index (χ1n) is 8.28. The van der Waals surface area contributed by atoms with Gasteiger partial charge in [-0.25, -0.2) is 0 Å². The van der Waals surface area contributed by atoms with Gasteiger partial charge in [-0.15, -0.1) is 0 Å². The molecular weight excluding hydrogens is 308 g/mol. The number of benzene rings is 1. The van der Waals surface area contributed by atoms with E-state index in [1.54, 1.807) is 6.92 Å². The van der Waals surface area contributed by atoms with Crippen LogP contribution < -0.4 is 0 Å². The largest absolute Gasteiger partial charge is 0.460 e. The van der Waals surface area contributed by atoms with Crippen LogP contribution in [0.2, 0.25) is 0 Å². The highest BCUT2D eigenvalue weighted by Gasteiger charge is 2.23. The number of esters is 1. The predicted molar refractivity (Wildman–Crippen MR) is 93.7 cm³/mol. The Morgan fingerprint density at radius 2 is 2.04 bits per heavy atom. The van der Waals surface area contributed by atoms with E-state index in [0.29, 0.717) is 12.3 Å². The van der Waals surface area contributed by atoms with E-state index in [-0.39, 0.29) is 11.1 Å². The number of carbonyl (C=O) groups excluding carboxylic acids is 2. The van der Waals surface area contributed by atoms with Crippen LogP contribution >= 0.6 is 11.8 Å². The summed E-state index contributed by atoms with van der Waals surface area (Å²) in [5.74, 6) is 0.302. The average molecular weight is 334 g/mol. The van der Waals surface area contributed by atoms with Crippen LogP contribution in [0.25, 0.3) is 0 Å². The smallest absolute Gasteiger partial charge is 0.306 e. The van der Waals surface area contributed by atoms with Gasteiger partial charge in [-0.2, -0.15) is 0 Å². The van der Waals surface area contributed by atoms with Crippen molar-refractivity contribution >= 4 is 22.8 Å². The molecule has 1 aliphatic carbocycles. The maximum absolute atomic E-state index is 11.9. The SMILES string of the molecule is CC(=O)Sc1ccc2c(c1)CCC[C@H]2CCC(=O)OC(C)(C)C. The zero-order valence-corrected chi connectivity index (χ0v) is 15.3. The number of fused-ring (bicyclic) bond motifs is 1. The summed E-state index contributed by atoms with van der Waals surface area (Å²) < 4.78 is 5.40. The lowest BCUT2D eigenvalue weighted by Gasteiger charge is -2.26. The highest BCUT2D eigenvalue weighted by atomic mass is 32.2. The summed E-state index contributed by atoms with van der Waals surface area (Å²) in [7, 11) is 0. The van der Waals surface area contributed by atoms with E-state index in [9.17, 15) is 9.59 Å². The zero-order chi connectivity index (χ0) is 17.0. The lowest BCUT2D eigenvalue weighted by atomic mass is 9.80. The zero-order valence-electron chi connectivity index (χ0n) is 14.5. The van der Waals surface area contributed by atoms with Crippen molar-refractivity contribution in [3.05, 3.63) is 29.3 Å². The number of thioether (sulfide) groups is 1. The Morgan fingerprint density at radius 3 is 2.70 bits per heavy atom. The van der Waals surface area contributed by atoms with Crippen LogP contribution in [0.3, 0.4) is 0 Å². The highest BCUT2D eigenvalue weighted by molar-refractivity contribution is 8.13. The predicted octanol–water partition coefficient (Wildman–Crippen LogP) is 4.87. The van der Waals surface area contributed by atoms with Gasteiger partial charge in [-0.1, -0.05) is 17.8 Å². The Morgan fingerprint density at radius 1 is 1.30 bits per heavy atom. The molecule has 1 aromatic carbocycles. The van der Waals surface area contributed by atoms with Crippen LogP contribution in [0.1, 0.15) is 70.4 Å². The fraction of sp³-hybridized carbons (Fsp3) is 0.579.